The van der Waals surface area contributed by atoms with E-state index in [0.717, 1.165) is 61.8 Å². The first-order valence-corrected chi connectivity index (χ1v) is 9.74. The lowest BCUT2D eigenvalue weighted by molar-refractivity contribution is 0.189. The Bertz CT molecular complexity index is 808. The number of amides is 2. The molecule has 2 amide bonds. The van der Waals surface area contributed by atoms with Crippen molar-refractivity contribution in [2.75, 3.05) is 45.3 Å². The van der Waals surface area contributed by atoms with Crippen LogP contribution in [0, 0.1) is 0 Å². The van der Waals surface area contributed by atoms with E-state index in [-0.39, 0.29) is 11.6 Å². The number of benzene rings is 2. The number of hydrogen-bond donors (Lipinski definition) is 1. The molecule has 0 radical (unpaired) electrons. The van der Waals surface area contributed by atoms with Gasteiger partial charge in [-0.15, -0.1) is 0 Å². The van der Waals surface area contributed by atoms with Crippen LogP contribution in [0.25, 0.3) is 0 Å². The van der Waals surface area contributed by atoms with Crippen molar-refractivity contribution >= 4 is 11.7 Å². The van der Waals surface area contributed by atoms with Gasteiger partial charge in [-0.1, -0.05) is 12.1 Å². The summed E-state index contributed by atoms with van der Waals surface area (Å²) >= 11 is 0. The van der Waals surface area contributed by atoms with Gasteiger partial charge in [-0.05, 0) is 54.8 Å². The summed E-state index contributed by atoms with van der Waals surface area (Å²) in [5.74, 6) is 1.69. The third-order valence-electron chi connectivity index (χ3n) is 5.74. The molecule has 4 rings (SSSR count). The molecule has 0 bridgehead atoms. The first-order valence-electron chi connectivity index (χ1n) is 9.74. The van der Waals surface area contributed by atoms with Crippen LogP contribution in [-0.2, 0) is 5.54 Å². The maximum Gasteiger partial charge on any atom is 0.318 e. The predicted molar refractivity (Wildman–Crippen MR) is 109 cm³/mol. The molecular weight excluding hydrogens is 354 g/mol. The SMILES string of the molecule is COc1ccc(N2CCN(C(=O)NC3(c4ccc(OC)cc4)CC3)CC2)cc1. The van der Waals surface area contributed by atoms with Gasteiger partial charge in [0.1, 0.15) is 11.5 Å². The quantitative estimate of drug-likeness (QED) is 0.864. The maximum atomic E-state index is 12.8. The monoisotopic (exact) mass is 381 g/mol. The molecule has 1 heterocycles. The topological polar surface area (TPSA) is 54.0 Å². The van der Waals surface area contributed by atoms with Crippen molar-refractivity contribution in [3.63, 3.8) is 0 Å². The van der Waals surface area contributed by atoms with E-state index in [9.17, 15) is 4.79 Å². The molecule has 2 fully saturated rings. The Balaban J connectivity index is 1.33. The Morgan fingerprint density at radius 2 is 1.39 bits per heavy atom. The number of ether oxygens (including phenoxy) is 2. The van der Waals surface area contributed by atoms with Crippen molar-refractivity contribution in [3.05, 3.63) is 54.1 Å². The highest BCUT2D eigenvalue weighted by atomic mass is 16.5. The van der Waals surface area contributed by atoms with Gasteiger partial charge in [-0.2, -0.15) is 0 Å². The molecule has 1 saturated heterocycles. The summed E-state index contributed by atoms with van der Waals surface area (Å²) in [7, 11) is 3.33. The highest BCUT2D eigenvalue weighted by Gasteiger charge is 2.46. The number of anilines is 1. The van der Waals surface area contributed by atoms with Gasteiger partial charge >= 0.3 is 6.03 Å². The lowest BCUT2D eigenvalue weighted by atomic mass is 10.0. The van der Waals surface area contributed by atoms with E-state index in [4.69, 9.17) is 9.47 Å². The van der Waals surface area contributed by atoms with Crippen LogP contribution in [0.2, 0.25) is 0 Å². The fourth-order valence-corrected chi connectivity index (χ4v) is 3.77. The van der Waals surface area contributed by atoms with Crippen molar-refractivity contribution in [3.8, 4) is 11.5 Å². The van der Waals surface area contributed by atoms with Crippen molar-refractivity contribution in [2.45, 2.75) is 18.4 Å². The minimum absolute atomic E-state index is 0.0303. The zero-order valence-electron chi connectivity index (χ0n) is 16.5. The van der Waals surface area contributed by atoms with Gasteiger partial charge in [0.25, 0.3) is 0 Å². The molecule has 1 aliphatic carbocycles. The molecule has 0 atom stereocenters. The van der Waals surface area contributed by atoms with Crippen LogP contribution in [0.3, 0.4) is 0 Å². The number of methoxy groups -OCH3 is 2. The Kier molecular flexibility index (Phi) is 5.03. The maximum absolute atomic E-state index is 12.8. The van der Waals surface area contributed by atoms with Crippen molar-refractivity contribution < 1.29 is 14.3 Å². The molecule has 0 unspecified atom stereocenters. The second-order valence-corrected chi connectivity index (χ2v) is 7.41. The Morgan fingerprint density at radius 1 is 0.857 bits per heavy atom. The molecule has 28 heavy (non-hydrogen) atoms. The molecule has 0 aromatic heterocycles. The Hall–Kier alpha value is -2.89. The summed E-state index contributed by atoms with van der Waals surface area (Å²) in [6.07, 6.45) is 1.97. The van der Waals surface area contributed by atoms with Crippen LogP contribution < -0.4 is 19.7 Å². The van der Waals surface area contributed by atoms with Gasteiger partial charge in [-0.3, -0.25) is 0 Å². The number of carbonyl (C=O) groups excluding carboxylic acids is 1. The normalized spacial score (nSPS) is 17.8. The highest BCUT2D eigenvalue weighted by molar-refractivity contribution is 5.76. The van der Waals surface area contributed by atoms with E-state index < -0.39 is 0 Å². The molecule has 1 aliphatic heterocycles. The second kappa shape index (κ2) is 7.62. The summed E-state index contributed by atoms with van der Waals surface area (Å²) in [6, 6.07) is 16.1. The fourth-order valence-electron chi connectivity index (χ4n) is 3.77. The lowest BCUT2D eigenvalue weighted by Gasteiger charge is -2.37. The molecule has 2 aromatic rings. The highest BCUT2D eigenvalue weighted by Crippen LogP contribution is 2.46. The number of hydrogen-bond acceptors (Lipinski definition) is 4. The van der Waals surface area contributed by atoms with Crippen LogP contribution in [0.5, 0.6) is 11.5 Å². The van der Waals surface area contributed by atoms with Gasteiger partial charge in [0.05, 0.1) is 19.8 Å². The summed E-state index contributed by atoms with van der Waals surface area (Å²) in [4.78, 5) is 17.1. The smallest absolute Gasteiger partial charge is 0.318 e. The zero-order valence-corrected chi connectivity index (χ0v) is 16.5. The standard InChI is InChI=1S/C22H27N3O3/c1-27-19-7-3-17(4-8-19)22(11-12-22)23-21(26)25-15-13-24(14-16-25)18-5-9-20(28-2)10-6-18/h3-10H,11-16H2,1-2H3,(H,23,26). The van der Waals surface area contributed by atoms with E-state index in [1.165, 1.54) is 0 Å². The molecule has 1 N–H and O–H groups in total. The Morgan fingerprint density at radius 3 is 1.89 bits per heavy atom. The number of urea groups is 1. The van der Waals surface area contributed by atoms with E-state index in [1.807, 2.05) is 41.3 Å². The summed E-state index contributed by atoms with van der Waals surface area (Å²) in [5, 5.41) is 3.27. The summed E-state index contributed by atoms with van der Waals surface area (Å²) in [6.45, 7) is 3.09. The predicted octanol–water partition coefficient (Wildman–Crippen LogP) is 3.22. The number of carbonyl (C=O) groups is 1. The summed E-state index contributed by atoms with van der Waals surface area (Å²) < 4.78 is 10.5. The average Bonchev–Trinajstić information content (AvgIpc) is 3.54. The first-order chi connectivity index (χ1) is 13.6. The molecule has 148 valence electrons. The molecule has 2 aliphatic rings. The molecular formula is C22H27N3O3. The number of nitrogens with zero attached hydrogens (tertiary/aromatic N) is 2. The van der Waals surface area contributed by atoms with Gasteiger partial charge in [0.2, 0.25) is 0 Å². The lowest BCUT2D eigenvalue weighted by Crippen LogP contribution is -2.53. The molecule has 6 nitrogen and oxygen atoms in total. The molecule has 0 spiro atoms. The van der Waals surface area contributed by atoms with Crippen LogP contribution in [0.1, 0.15) is 18.4 Å². The van der Waals surface area contributed by atoms with Gasteiger partial charge < -0.3 is 24.6 Å². The Labute approximate surface area is 166 Å². The van der Waals surface area contributed by atoms with Crippen molar-refractivity contribution in [2.24, 2.45) is 0 Å². The number of rotatable bonds is 5. The number of piperazine rings is 1. The van der Waals surface area contributed by atoms with E-state index in [0.29, 0.717) is 0 Å². The van der Waals surface area contributed by atoms with Crippen LogP contribution in [0.4, 0.5) is 10.5 Å². The largest absolute Gasteiger partial charge is 0.497 e. The van der Waals surface area contributed by atoms with E-state index in [1.54, 1.807) is 14.2 Å². The van der Waals surface area contributed by atoms with Crippen LogP contribution in [-0.4, -0.2) is 51.3 Å². The van der Waals surface area contributed by atoms with Crippen molar-refractivity contribution in [1.29, 1.82) is 0 Å². The van der Waals surface area contributed by atoms with E-state index >= 15 is 0 Å². The molecule has 6 heteroatoms. The first kappa shape index (κ1) is 18.5. The van der Waals surface area contributed by atoms with Gasteiger partial charge in [0.15, 0.2) is 0 Å². The second-order valence-electron chi connectivity index (χ2n) is 7.41. The molecule has 1 saturated carbocycles. The van der Waals surface area contributed by atoms with Gasteiger partial charge in [-0.25, -0.2) is 4.79 Å². The number of nitrogens with one attached hydrogen (secondary N) is 1. The minimum Gasteiger partial charge on any atom is -0.497 e. The van der Waals surface area contributed by atoms with Crippen LogP contribution in [0.15, 0.2) is 48.5 Å². The third kappa shape index (κ3) is 3.72. The average molecular weight is 381 g/mol. The molecule has 2 aromatic carbocycles. The summed E-state index contributed by atoms with van der Waals surface area (Å²) in [5.41, 5.74) is 2.10. The van der Waals surface area contributed by atoms with E-state index in [2.05, 4.69) is 22.3 Å². The fraction of sp³-hybridized carbons (Fsp3) is 0.409. The van der Waals surface area contributed by atoms with Gasteiger partial charge in [0, 0.05) is 31.9 Å². The van der Waals surface area contributed by atoms with Crippen LogP contribution >= 0.6 is 0 Å². The van der Waals surface area contributed by atoms with Crippen molar-refractivity contribution in [1.82, 2.24) is 10.2 Å². The zero-order chi connectivity index (χ0) is 19.6. The minimum atomic E-state index is -0.212. The third-order valence-corrected chi connectivity index (χ3v) is 5.74.